The fraction of sp³-hybridized carbons (Fsp3) is 0.800. The lowest BCUT2D eigenvalue weighted by Crippen LogP contribution is -2.56. The van der Waals surface area contributed by atoms with Crippen LogP contribution in [-0.2, 0) is 0 Å². The number of halogens is 1. The summed E-state index contributed by atoms with van der Waals surface area (Å²) in [5.74, 6) is 0.462. The molecule has 4 rings (SSSR count). The third-order valence-corrected chi connectivity index (χ3v) is 7.82. The summed E-state index contributed by atoms with van der Waals surface area (Å²) in [6.07, 6.45) is 5.97. The fourth-order valence-corrected chi connectivity index (χ4v) is 6.39. The number of rotatable bonds is 1. The highest BCUT2D eigenvalue weighted by Crippen LogP contribution is 2.63. The van der Waals surface area contributed by atoms with Gasteiger partial charge in [-0.2, -0.15) is 0 Å². The van der Waals surface area contributed by atoms with E-state index in [-0.39, 0.29) is 28.9 Å². The number of aliphatic hydroxyl groups excluding tert-OH is 2. The van der Waals surface area contributed by atoms with E-state index in [4.69, 9.17) is 0 Å². The molecule has 8 atom stereocenters. The average molecular weight is 335 g/mol. The summed E-state index contributed by atoms with van der Waals surface area (Å²) in [7, 11) is 1.99. The number of alkyl halides is 1. The van der Waals surface area contributed by atoms with E-state index >= 15 is 0 Å². The van der Waals surface area contributed by atoms with Crippen molar-refractivity contribution in [2.45, 2.75) is 70.4 Å². The summed E-state index contributed by atoms with van der Waals surface area (Å²) in [5, 5.41) is 24.1. The van der Waals surface area contributed by atoms with Crippen LogP contribution >= 0.6 is 0 Å². The molecule has 0 amide bonds. The smallest absolute Gasteiger partial charge is 0.127 e. The van der Waals surface area contributed by atoms with Crippen LogP contribution in [0.1, 0.15) is 46.0 Å². The first-order valence-electron chi connectivity index (χ1n) is 9.40. The molecule has 134 valence electrons. The highest BCUT2D eigenvalue weighted by atomic mass is 19.1. The van der Waals surface area contributed by atoms with Gasteiger partial charge in [-0.15, -0.1) is 0 Å². The van der Waals surface area contributed by atoms with Gasteiger partial charge in [0, 0.05) is 17.4 Å². The van der Waals surface area contributed by atoms with Crippen molar-refractivity contribution in [3.05, 3.63) is 23.3 Å². The summed E-state index contributed by atoms with van der Waals surface area (Å²) >= 11 is 0. The molecule has 0 bridgehead atoms. The maximum absolute atomic E-state index is 14.4. The molecule has 0 aromatic carbocycles. The van der Waals surface area contributed by atoms with Gasteiger partial charge in [0.2, 0.25) is 0 Å². The monoisotopic (exact) mass is 335 g/mol. The predicted molar refractivity (Wildman–Crippen MR) is 92.2 cm³/mol. The van der Waals surface area contributed by atoms with Gasteiger partial charge in [-0.3, -0.25) is 0 Å². The fourth-order valence-electron chi connectivity index (χ4n) is 6.39. The second-order valence-corrected chi connectivity index (χ2v) is 9.00. The van der Waals surface area contributed by atoms with E-state index in [1.165, 1.54) is 11.1 Å². The van der Waals surface area contributed by atoms with Crippen LogP contribution in [0, 0.1) is 22.7 Å². The molecule has 4 aliphatic rings. The van der Waals surface area contributed by atoms with Crippen LogP contribution in [0.5, 0.6) is 0 Å². The molecule has 4 aliphatic carbocycles. The van der Waals surface area contributed by atoms with Crippen LogP contribution in [-0.4, -0.2) is 41.7 Å². The summed E-state index contributed by atoms with van der Waals surface area (Å²) in [6.45, 7) is 4.39. The molecular formula is C20H30FNO2. The van der Waals surface area contributed by atoms with E-state index < -0.39 is 12.3 Å². The highest BCUT2D eigenvalue weighted by Gasteiger charge is 2.61. The normalized spacial score (nSPS) is 53.6. The number of hydrogen-bond donors (Lipinski definition) is 3. The van der Waals surface area contributed by atoms with Gasteiger partial charge in [0.15, 0.2) is 0 Å². The van der Waals surface area contributed by atoms with Gasteiger partial charge in [0.05, 0.1) is 12.2 Å². The summed E-state index contributed by atoms with van der Waals surface area (Å²) in [5.41, 5.74) is 2.32. The Bertz CT molecular complexity index is 602. The van der Waals surface area contributed by atoms with Crippen LogP contribution in [0.15, 0.2) is 23.3 Å². The predicted octanol–water partition coefficient (Wildman–Crippen LogP) is 2.74. The van der Waals surface area contributed by atoms with Gasteiger partial charge < -0.3 is 15.5 Å². The number of aliphatic hydroxyl groups is 2. The van der Waals surface area contributed by atoms with Crippen molar-refractivity contribution < 1.29 is 14.6 Å². The van der Waals surface area contributed by atoms with Crippen molar-refractivity contribution in [3.8, 4) is 0 Å². The van der Waals surface area contributed by atoms with Crippen molar-refractivity contribution >= 4 is 0 Å². The maximum atomic E-state index is 14.4. The molecule has 3 N–H and O–H groups in total. The molecule has 3 saturated carbocycles. The van der Waals surface area contributed by atoms with Crippen LogP contribution in [0.3, 0.4) is 0 Å². The number of hydrogen-bond acceptors (Lipinski definition) is 3. The van der Waals surface area contributed by atoms with Crippen LogP contribution in [0.4, 0.5) is 4.39 Å². The molecule has 0 saturated heterocycles. The average Bonchev–Trinajstić information content (AvgIpc) is 2.78. The Morgan fingerprint density at radius 2 is 2.00 bits per heavy atom. The number of fused-ring (bicyclic) bond motifs is 5. The highest BCUT2D eigenvalue weighted by molar-refractivity contribution is 5.41. The minimum Gasteiger partial charge on any atom is -0.393 e. The molecular weight excluding hydrogens is 305 g/mol. The molecule has 0 aromatic heterocycles. The molecule has 3 nitrogen and oxygen atoms in total. The zero-order chi connectivity index (χ0) is 17.3. The molecule has 4 heteroatoms. The van der Waals surface area contributed by atoms with Crippen molar-refractivity contribution in [3.63, 3.8) is 0 Å². The number of allylic oxidation sites excluding steroid dienone is 2. The molecule has 0 spiro atoms. The Hall–Kier alpha value is -0.710. The Balaban J connectivity index is 1.80. The van der Waals surface area contributed by atoms with Crippen LogP contribution < -0.4 is 5.32 Å². The SMILES string of the molecule is CN[C@@H]1C[C@@]2(C)[C@@H](C[C@@H](F)[C@@H]2O)C2=CC=C3C[C@@H](O)CC[C@]3(C)[C@H]21. The third kappa shape index (κ3) is 2.06. The Labute approximate surface area is 144 Å². The Morgan fingerprint density at radius 1 is 1.25 bits per heavy atom. The molecule has 0 aromatic rings. The largest absolute Gasteiger partial charge is 0.393 e. The molecule has 3 fully saturated rings. The molecule has 0 aliphatic heterocycles. The van der Waals surface area contributed by atoms with Gasteiger partial charge in [-0.1, -0.05) is 37.1 Å². The quantitative estimate of drug-likeness (QED) is 0.691. The lowest BCUT2D eigenvalue weighted by atomic mass is 9.49. The number of nitrogens with one attached hydrogen (secondary N) is 1. The van der Waals surface area contributed by atoms with E-state index in [9.17, 15) is 14.6 Å². The van der Waals surface area contributed by atoms with Crippen molar-refractivity contribution in [2.75, 3.05) is 7.05 Å². The first-order chi connectivity index (χ1) is 11.3. The van der Waals surface area contributed by atoms with Crippen molar-refractivity contribution in [1.29, 1.82) is 0 Å². The second-order valence-electron chi connectivity index (χ2n) is 9.00. The summed E-state index contributed by atoms with van der Waals surface area (Å²) in [6, 6.07) is 0.237. The zero-order valence-corrected chi connectivity index (χ0v) is 14.9. The third-order valence-electron chi connectivity index (χ3n) is 7.82. The summed E-state index contributed by atoms with van der Waals surface area (Å²) < 4.78 is 14.4. The Morgan fingerprint density at radius 3 is 2.71 bits per heavy atom. The van der Waals surface area contributed by atoms with Crippen molar-refractivity contribution in [2.24, 2.45) is 22.7 Å². The van der Waals surface area contributed by atoms with E-state index in [2.05, 4.69) is 31.3 Å². The Kier molecular flexibility index (Phi) is 3.76. The minimum absolute atomic E-state index is 0.0394. The first kappa shape index (κ1) is 16.7. The molecule has 0 heterocycles. The van der Waals surface area contributed by atoms with Gasteiger partial charge in [0.1, 0.15) is 6.17 Å². The molecule has 0 radical (unpaired) electrons. The van der Waals surface area contributed by atoms with Gasteiger partial charge >= 0.3 is 0 Å². The molecule has 0 unspecified atom stereocenters. The second kappa shape index (κ2) is 5.39. The van der Waals surface area contributed by atoms with E-state index in [1.54, 1.807) is 0 Å². The summed E-state index contributed by atoms with van der Waals surface area (Å²) in [4.78, 5) is 0. The first-order valence-corrected chi connectivity index (χ1v) is 9.40. The van der Waals surface area contributed by atoms with Crippen LogP contribution in [0.25, 0.3) is 0 Å². The minimum atomic E-state index is -1.12. The standard InChI is InChI=1S/C20H30FNO2/c1-19-7-6-12(23)8-11(19)4-5-13-14-9-15(21)18(24)20(14,2)10-16(22-3)17(13)19/h4-5,12,14-18,22-24H,6-10H2,1-3H3/t12-,14-,15+,16+,17+,18-,19-,20-/m0/s1. The van der Waals surface area contributed by atoms with E-state index in [0.29, 0.717) is 12.3 Å². The molecule has 24 heavy (non-hydrogen) atoms. The van der Waals surface area contributed by atoms with Gasteiger partial charge in [-0.05, 0) is 50.5 Å². The zero-order valence-electron chi connectivity index (χ0n) is 14.9. The van der Waals surface area contributed by atoms with Crippen LogP contribution in [0.2, 0.25) is 0 Å². The lowest BCUT2D eigenvalue weighted by molar-refractivity contribution is -0.0298. The van der Waals surface area contributed by atoms with E-state index in [0.717, 1.165) is 25.7 Å². The lowest BCUT2D eigenvalue weighted by Gasteiger charge is -2.57. The van der Waals surface area contributed by atoms with Gasteiger partial charge in [0.25, 0.3) is 0 Å². The van der Waals surface area contributed by atoms with Gasteiger partial charge in [-0.25, -0.2) is 4.39 Å². The topological polar surface area (TPSA) is 52.5 Å². The van der Waals surface area contributed by atoms with Crippen molar-refractivity contribution in [1.82, 2.24) is 5.32 Å². The maximum Gasteiger partial charge on any atom is 0.127 e. The van der Waals surface area contributed by atoms with E-state index in [1.807, 2.05) is 7.05 Å².